The fraction of sp³-hybridized carbons (Fsp3) is 0.200. The fourth-order valence-electron chi connectivity index (χ4n) is 1.78. The molecule has 0 radical (unpaired) electrons. The van der Waals surface area contributed by atoms with Crippen molar-refractivity contribution in [2.45, 2.75) is 13.5 Å². The number of halogens is 1. The highest BCUT2D eigenvalue weighted by Gasteiger charge is 2.07. The van der Waals surface area contributed by atoms with E-state index in [0.717, 1.165) is 11.1 Å². The molecule has 0 aliphatic rings. The molecule has 0 spiro atoms. The molecule has 0 saturated heterocycles. The van der Waals surface area contributed by atoms with E-state index < -0.39 is 0 Å². The Balaban J connectivity index is 2.31. The molecule has 0 unspecified atom stereocenters. The van der Waals surface area contributed by atoms with Gasteiger partial charge < -0.3 is 10.1 Å². The molecule has 3 heteroatoms. The average molecular weight is 245 g/mol. The first kappa shape index (κ1) is 12.6. The van der Waals surface area contributed by atoms with Gasteiger partial charge in [-0.05, 0) is 32.2 Å². The summed E-state index contributed by atoms with van der Waals surface area (Å²) in [4.78, 5) is 0. The summed E-state index contributed by atoms with van der Waals surface area (Å²) in [6, 6.07) is 12.3. The largest absolute Gasteiger partial charge is 0.454 e. The predicted octanol–water partition coefficient (Wildman–Crippen LogP) is 3.65. The first-order chi connectivity index (χ1) is 8.70. The summed E-state index contributed by atoms with van der Waals surface area (Å²) in [7, 11) is 1.87. The first-order valence-corrected chi connectivity index (χ1v) is 5.87. The summed E-state index contributed by atoms with van der Waals surface area (Å²) in [6.45, 7) is 2.71. The third-order valence-corrected chi connectivity index (χ3v) is 2.64. The number of ether oxygens (including phenoxy) is 1. The Morgan fingerprint density at radius 2 is 1.89 bits per heavy atom. The number of nitrogens with one attached hydrogen (secondary N) is 1. The van der Waals surface area contributed by atoms with Crippen molar-refractivity contribution in [3.8, 4) is 11.5 Å². The minimum atomic E-state index is -0.353. The van der Waals surface area contributed by atoms with Gasteiger partial charge in [-0.25, -0.2) is 4.39 Å². The van der Waals surface area contributed by atoms with Crippen molar-refractivity contribution in [1.82, 2.24) is 5.32 Å². The van der Waals surface area contributed by atoms with E-state index >= 15 is 0 Å². The molecule has 2 aromatic carbocycles. The Hall–Kier alpha value is -1.87. The molecule has 0 saturated carbocycles. The third kappa shape index (κ3) is 2.87. The van der Waals surface area contributed by atoms with E-state index in [1.807, 2.05) is 32.2 Å². The highest BCUT2D eigenvalue weighted by atomic mass is 19.1. The number of benzene rings is 2. The van der Waals surface area contributed by atoms with Gasteiger partial charge in [0.15, 0.2) is 11.6 Å². The fourth-order valence-corrected chi connectivity index (χ4v) is 1.78. The van der Waals surface area contributed by atoms with Gasteiger partial charge in [0.25, 0.3) is 0 Å². The van der Waals surface area contributed by atoms with E-state index in [4.69, 9.17) is 4.74 Å². The summed E-state index contributed by atoms with van der Waals surface area (Å²) in [5.74, 6) is 0.576. The molecule has 2 aromatic rings. The van der Waals surface area contributed by atoms with E-state index in [9.17, 15) is 4.39 Å². The molecule has 18 heavy (non-hydrogen) atoms. The van der Waals surface area contributed by atoms with Crippen LogP contribution in [0.5, 0.6) is 11.5 Å². The van der Waals surface area contributed by atoms with E-state index in [0.29, 0.717) is 12.3 Å². The van der Waals surface area contributed by atoms with Crippen molar-refractivity contribution in [1.29, 1.82) is 0 Å². The summed E-state index contributed by atoms with van der Waals surface area (Å²) in [6.07, 6.45) is 0. The van der Waals surface area contributed by atoms with Crippen molar-refractivity contribution >= 4 is 0 Å². The normalized spacial score (nSPS) is 10.4. The molecule has 0 fully saturated rings. The van der Waals surface area contributed by atoms with Gasteiger partial charge in [-0.15, -0.1) is 0 Å². The van der Waals surface area contributed by atoms with Crippen molar-refractivity contribution in [2.75, 3.05) is 7.05 Å². The molecule has 0 atom stereocenters. The van der Waals surface area contributed by atoms with E-state index in [2.05, 4.69) is 5.32 Å². The Kier molecular flexibility index (Phi) is 3.95. The molecule has 2 nitrogen and oxygen atoms in total. The van der Waals surface area contributed by atoms with Crippen LogP contribution in [0.3, 0.4) is 0 Å². The summed E-state index contributed by atoms with van der Waals surface area (Å²) in [5, 5.41) is 3.08. The molecule has 0 aromatic heterocycles. The van der Waals surface area contributed by atoms with Gasteiger partial charge >= 0.3 is 0 Å². The monoisotopic (exact) mass is 245 g/mol. The second kappa shape index (κ2) is 5.65. The highest BCUT2D eigenvalue weighted by Crippen LogP contribution is 2.27. The lowest BCUT2D eigenvalue weighted by Crippen LogP contribution is -2.06. The molecule has 0 bridgehead atoms. The first-order valence-electron chi connectivity index (χ1n) is 5.87. The van der Waals surface area contributed by atoms with Gasteiger partial charge in [-0.3, -0.25) is 0 Å². The molecule has 0 heterocycles. The zero-order chi connectivity index (χ0) is 13.0. The Bertz CT molecular complexity index is 540. The lowest BCUT2D eigenvalue weighted by molar-refractivity contribution is 0.436. The van der Waals surface area contributed by atoms with Gasteiger partial charge in [-0.2, -0.15) is 0 Å². The van der Waals surface area contributed by atoms with Gasteiger partial charge in [0, 0.05) is 12.1 Å². The van der Waals surface area contributed by atoms with E-state index in [1.165, 1.54) is 6.07 Å². The van der Waals surface area contributed by atoms with Crippen molar-refractivity contribution < 1.29 is 9.13 Å². The number of aryl methyl sites for hydroxylation is 1. The quantitative estimate of drug-likeness (QED) is 0.887. The number of hydrogen-bond acceptors (Lipinski definition) is 2. The molecular formula is C15H16FNO. The Morgan fingerprint density at radius 3 is 2.61 bits per heavy atom. The minimum absolute atomic E-state index is 0.249. The van der Waals surface area contributed by atoms with Gasteiger partial charge in [0.1, 0.15) is 5.75 Å². The van der Waals surface area contributed by atoms with Crippen LogP contribution in [0.25, 0.3) is 0 Å². The zero-order valence-corrected chi connectivity index (χ0v) is 10.5. The van der Waals surface area contributed by atoms with Gasteiger partial charge in [0.05, 0.1) is 0 Å². The maximum Gasteiger partial charge on any atom is 0.165 e. The standard InChI is InChI=1S/C15H16FNO/c1-11-7-8-14(12(9-11)10-17-2)18-15-6-4-3-5-13(15)16/h3-9,17H,10H2,1-2H3. The van der Waals surface area contributed by atoms with Crippen LogP contribution >= 0.6 is 0 Å². The van der Waals surface area contributed by atoms with Crippen molar-refractivity contribution in [2.24, 2.45) is 0 Å². The zero-order valence-electron chi connectivity index (χ0n) is 10.5. The molecule has 0 aliphatic carbocycles. The van der Waals surface area contributed by atoms with Crippen LogP contribution < -0.4 is 10.1 Å². The smallest absolute Gasteiger partial charge is 0.165 e. The second-order valence-corrected chi connectivity index (χ2v) is 4.17. The second-order valence-electron chi connectivity index (χ2n) is 4.17. The van der Waals surface area contributed by atoms with Crippen LogP contribution in [0.4, 0.5) is 4.39 Å². The van der Waals surface area contributed by atoms with Crippen LogP contribution in [0.15, 0.2) is 42.5 Å². The average Bonchev–Trinajstić information content (AvgIpc) is 2.35. The molecule has 1 N–H and O–H groups in total. The van der Waals surface area contributed by atoms with Crippen LogP contribution in [-0.2, 0) is 6.54 Å². The Labute approximate surface area is 106 Å². The van der Waals surface area contributed by atoms with Gasteiger partial charge in [0.2, 0.25) is 0 Å². The SMILES string of the molecule is CNCc1cc(C)ccc1Oc1ccccc1F. The lowest BCUT2D eigenvalue weighted by atomic mass is 10.1. The lowest BCUT2D eigenvalue weighted by Gasteiger charge is -2.12. The summed E-state index contributed by atoms with van der Waals surface area (Å²) < 4.78 is 19.2. The molecular weight excluding hydrogens is 229 g/mol. The number of para-hydroxylation sites is 1. The Morgan fingerprint density at radius 1 is 1.11 bits per heavy atom. The van der Waals surface area contributed by atoms with Crippen LogP contribution in [0.2, 0.25) is 0 Å². The predicted molar refractivity (Wildman–Crippen MR) is 70.4 cm³/mol. The number of rotatable bonds is 4. The summed E-state index contributed by atoms with van der Waals surface area (Å²) >= 11 is 0. The minimum Gasteiger partial charge on any atom is -0.454 e. The number of hydrogen-bond donors (Lipinski definition) is 1. The topological polar surface area (TPSA) is 21.3 Å². The van der Waals surface area contributed by atoms with E-state index in [1.54, 1.807) is 18.2 Å². The molecule has 2 rings (SSSR count). The maximum atomic E-state index is 13.5. The molecule has 94 valence electrons. The van der Waals surface area contributed by atoms with Crippen LogP contribution in [0, 0.1) is 12.7 Å². The highest BCUT2D eigenvalue weighted by molar-refractivity contribution is 5.40. The van der Waals surface area contributed by atoms with Crippen molar-refractivity contribution in [3.05, 3.63) is 59.4 Å². The maximum absolute atomic E-state index is 13.5. The van der Waals surface area contributed by atoms with Crippen LogP contribution in [-0.4, -0.2) is 7.05 Å². The summed E-state index contributed by atoms with van der Waals surface area (Å²) in [5.41, 5.74) is 2.17. The van der Waals surface area contributed by atoms with Crippen LogP contribution in [0.1, 0.15) is 11.1 Å². The van der Waals surface area contributed by atoms with Gasteiger partial charge in [-0.1, -0.05) is 29.8 Å². The van der Waals surface area contributed by atoms with E-state index in [-0.39, 0.29) is 11.6 Å². The third-order valence-electron chi connectivity index (χ3n) is 2.64. The van der Waals surface area contributed by atoms with Crippen molar-refractivity contribution in [3.63, 3.8) is 0 Å². The molecule has 0 aliphatic heterocycles. The molecule has 0 amide bonds.